The van der Waals surface area contributed by atoms with Gasteiger partial charge in [-0.2, -0.15) is 8.42 Å². The second kappa shape index (κ2) is 5.29. The third kappa shape index (κ3) is 3.24. The predicted molar refractivity (Wildman–Crippen MR) is 72.5 cm³/mol. The van der Waals surface area contributed by atoms with Gasteiger partial charge in [0.25, 0.3) is 10.1 Å². The zero-order valence-electron chi connectivity index (χ0n) is 10.2. The summed E-state index contributed by atoms with van der Waals surface area (Å²) in [6, 6.07) is 13.1. The lowest BCUT2D eigenvalue weighted by atomic mass is 10.2. The van der Waals surface area contributed by atoms with Gasteiger partial charge in [-0.05, 0) is 36.4 Å². The largest absolute Gasteiger partial charge is 0.497 e. The quantitative estimate of drug-likeness (QED) is 0.841. The van der Waals surface area contributed by atoms with Crippen molar-refractivity contribution in [1.29, 1.82) is 0 Å². The number of ether oxygens (including phenoxy) is 1. The summed E-state index contributed by atoms with van der Waals surface area (Å²) >= 11 is 0. The van der Waals surface area contributed by atoms with Gasteiger partial charge in [0.1, 0.15) is 10.6 Å². The van der Waals surface area contributed by atoms with E-state index >= 15 is 0 Å². The zero-order chi connectivity index (χ0) is 13.9. The highest BCUT2D eigenvalue weighted by molar-refractivity contribution is 7.86. The minimum absolute atomic E-state index is 0.161. The normalized spacial score (nSPS) is 11.1. The molecule has 0 aliphatic rings. The predicted octanol–water partition coefficient (Wildman–Crippen LogP) is 2.69. The summed E-state index contributed by atoms with van der Waals surface area (Å²) in [5, 5.41) is 2.94. The maximum absolute atomic E-state index is 11.2. The van der Waals surface area contributed by atoms with Gasteiger partial charge in [-0.3, -0.25) is 4.55 Å². The van der Waals surface area contributed by atoms with Crippen LogP contribution in [0.2, 0.25) is 0 Å². The molecule has 2 rings (SSSR count). The molecule has 0 radical (unpaired) electrons. The molecule has 0 amide bonds. The minimum Gasteiger partial charge on any atom is -0.497 e. The molecule has 2 aromatic carbocycles. The number of para-hydroxylation sites is 1. The lowest BCUT2D eigenvalue weighted by Crippen LogP contribution is -2.03. The van der Waals surface area contributed by atoms with Crippen LogP contribution in [0, 0.1) is 0 Å². The van der Waals surface area contributed by atoms with Gasteiger partial charge < -0.3 is 10.1 Å². The molecule has 100 valence electrons. The Balaban J connectivity index is 2.33. The van der Waals surface area contributed by atoms with Crippen LogP contribution in [0.1, 0.15) is 0 Å². The topological polar surface area (TPSA) is 75.6 Å². The Morgan fingerprint density at radius 3 is 2.26 bits per heavy atom. The first-order valence-corrected chi connectivity index (χ1v) is 6.92. The third-order valence-corrected chi connectivity index (χ3v) is 3.45. The molecule has 0 saturated heterocycles. The van der Waals surface area contributed by atoms with Crippen molar-refractivity contribution in [2.45, 2.75) is 4.90 Å². The lowest BCUT2D eigenvalue weighted by molar-refractivity contribution is 0.415. The van der Waals surface area contributed by atoms with Gasteiger partial charge in [0.2, 0.25) is 0 Å². The first-order chi connectivity index (χ1) is 9.00. The summed E-state index contributed by atoms with van der Waals surface area (Å²) in [5.74, 6) is 0.702. The van der Waals surface area contributed by atoms with Gasteiger partial charge in [-0.1, -0.05) is 12.1 Å². The molecule has 0 fully saturated rings. The van der Waals surface area contributed by atoms with E-state index in [0.717, 1.165) is 0 Å². The highest BCUT2D eigenvalue weighted by Crippen LogP contribution is 2.25. The van der Waals surface area contributed by atoms with E-state index in [0.29, 0.717) is 17.1 Å². The summed E-state index contributed by atoms with van der Waals surface area (Å²) < 4.78 is 36.7. The van der Waals surface area contributed by atoms with Crippen molar-refractivity contribution in [1.82, 2.24) is 0 Å². The van der Waals surface area contributed by atoms with Crippen LogP contribution >= 0.6 is 0 Å². The fourth-order valence-corrected chi connectivity index (χ4v) is 2.27. The molecule has 2 aromatic rings. The molecule has 0 atom stereocenters. The van der Waals surface area contributed by atoms with Crippen LogP contribution in [0.25, 0.3) is 0 Å². The maximum Gasteiger partial charge on any atom is 0.296 e. The summed E-state index contributed by atoms with van der Waals surface area (Å²) in [7, 11) is -2.69. The Morgan fingerprint density at radius 2 is 1.68 bits per heavy atom. The van der Waals surface area contributed by atoms with E-state index in [1.54, 1.807) is 49.6 Å². The Hall–Kier alpha value is -2.05. The van der Waals surface area contributed by atoms with Crippen molar-refractivity contribution in [2.75, 3.05) is 12.4 Å². The molecule has 0 aliphatic heterocycles. The molecule has 0 aromatic heterocycles. The highest BCUT2D eigenvalue weighted by atomic mass is 32.2. The number of hydrogen-bond acceptors (Lipinski definition) is 4. The van der Waals surface area contributed by atoms with Crippen LogP contribution in [0.4, 0.5) is 11.4 Å². The van der Waals surface area contributed by atoms with Gasteiger partial charge in [0, 0.05) is 5.69 Å². The van der Waals surface area contributed by atoms with Crippen molar-refractivity contribution in [3.63, 3.8) is 0 Å². The Kier molecular flexibility index (Phi) is 3.73. The first kappa shape index (κ1) is 13.4. The van der Waals surface area contributed by atoms with Crippen molar-refractivity contribution in [3.05, 3.63) is 48.5 Å². The van der Waals surface area contributed by atoms with Crippen molar-refractivity contribution in [2.24, 2.45) is 0 Å². The fourth-order valence-electron chi connectivity index (χ4n) is 1.62. The standard InChI is InChI=1S/C13H13NO4S/c1-18-11-8-6-10(7-9-11)14-12-4-2-3-5-13(12)19(15,16)17/h2-9,14H,1H3,(H,15,16,17). The van der Waals surface area contributed by atoms with Crippen molar-refractivity contribution in [3.8, 4) is 5.75 Å². The second-order valence-corrected chi connectivity index (χ2v) is 5.21. The second-order valence-electron chi connectivity index (χ2n) is 3.82. The van der Waals surface area contributed by atoms with Crippen LogP contribution in [0.15, 0.2) is 53.4 Å². The first-order valence-electron chi connectivity index (χ1n) is 5.48. The van der Waals surface area contributed by atoms with E-state index in [1.807, 2.05) is 0 Å². The van der Waals surface area contributed by atoms with Crippen LogP contribution < -0.4 is 10.1 Å². The number of benzene rings is 2. The monoisotopic (exact) mass is 279 g/mol. The fraction of sp³-hybridized carbons (Fsp3) is 0.0769. The number of methoxy groups -OCH3 is 1. The van der Waals surface area contributed by atoms with Gasteiger partial charge in [0.15, 0.2) is 0 Å². The highest BCUT2D eigenvalue weighted by Gasteiger charge is 2.14. The number of nitrogens with one attached hydrogen (secondary N) is 1. The molecule has 5 nitrogen and oxygen atoms in total. The molecule has 0 spiro atoms. The Labute approximate surface area is 111 Å². The molecule has 0 unspecified atom stereocenters. The summed E-state index contributed by atoms with van der Waals surface area (Å²) in [6.45, 7) is 0. The lowest BCUT2D eigenvalue weighted by Gasteiger charge is -2.10. The molecule has 6 heteroatoms. The SMILES string of the molecule is COc1ccc(Nc2ccccc2S(=O)(=O)O)cc1. The van der Waals surface area contributed by atoms with Crippen LogP contribution in [0.5, 0.6) is 5.75 Å². The average molecular weight is 279 g/mol. The third-order valence-electron chi connectivity index (χ3n) is 2.53. The van der Waals surface area contributed by atoms with Crippen molar-refractivity contribution < 1.29 is 17.7 Å². The Bertz CT molecular complexity index is 665. The molecule has 0 aliphatic carbocycles. The van der Waals surface area contributed by atoms with Crippen molar-refractivity contribution >= 4 is 21.5 Å². The van der Waals surface area contributed by atoms with Gasteiger partial charge in [-0.25, -0.2) is 0 Å². The summed E-state index contributed by atoms with van der Waals surface area (Å²) in [4.78, 5) is -0.161. The molecule has 0 saturated carbocycles. The molecular weight excluding hydrogens is 266 g/mol. The summed E-state index contributed by atoms with van der Waals surface area (Å²) in [5.41, 5.74) is 1.01. The minimum atomic E-state index is -4.25. The smallest absolute Gasteiger partial charge is 0.296 e. The van der Waals surface area contributed by atoms with Gasteiger partial charge >= 0.3 is 0 Å². The van der Waals surface area contributed by atoms with E-state index in [-0.39, 0.29) is 4.90 Å². The van der Waals surface area contributed by atoms with Crippen LogP contribution in [0.3, 0.4) is 0 Å². The molecular formula is C13H13NO4S. The molecule has 0 bridgehead atoms. The van der Waals surface area contributed by atoms with E-state index in [2.05, 4.69) is 5.32 Å². The molecule has 19 heavy (non-hydrogen) atoms. The molecule has 0 heterocycles. The van der Waals surface area contributed by atoms with E-state index in [1.165, 1.54) is 6.07 Å². The number of hydrogen-bond donors (Lipinski definition) is 2. The van der Waals surface area contributed by atoms with Gasteiger partial charge in [0.05, 0.1) is 12.8 Å². The van der Waals surface area contributed by atoms with Crippen LogP contribution in [-0.4, -0.2) is 20.1 Å². The van der Waals surface area contributed by atoms with Gasteiger partial charge in [-0.15, -0.1) is 0 Å². The van der Waals surface area contributed by atoms with E-state index in [9.17, 15) is 8.42 Å². The maximum atomic E-state index is 11.2. The van der Waals surface area contributed by atoms with Crippen LogP contribution in [-0.2, 0) is 10.1 Å². The number of anilines is 2. The molecule has 2 N–H and O–H groups in total. The average Bonchev–Trinajstić information content (AvgIpc) is 2.39. The van der Waals surface area contributed by atoms with E-state index in [4.69, 9.17) is 9.29 Å². The zero-order valence-corrected chi connectivity index (χ0v) is 11.0. The van der Waals surface area contributed by atoms with E-state index < -0.39 is 10.1 Å². The number of rotatable bonds is 4. The summed E-state index contributed by atoms with van der Waals surface area (Å²) in [6.07, 6.45) is 0. The Morgan fingerprint density at radius 1 is 1.05 bits per heavy atom.